The van der Waals surface area contributed by atoms with E-state index in [9.17, 15) is 14.4 Å². The molecule has 6 nitrogen and oxygen atoms in total. The summed E-state index contributed by atoms with van der Waals surface area (Å²) < 4.78 is 10.4. The van der Waals surface area contributed by atoms with Crippen LogP contribution in [0, 0.1) is 5.41 Å². The van der Waals surface area contributed by atoms with Crippen molar-refractivity contribution in [1.82, 2.24) is 4.90 Å². The molecule has 6 heteroatoms. The Kier molecular flexibility index (Phi) is 4.05. The molecule has 1 aliphatic heterocycles. The number of rotatable bonds is 3. The topological polar surface area (TPSA) is 76.8 Å². The lowest BCUT2D eigenvalue weighted by Crippen LogP contribution is -2.36. The summed E-state index contributed by atoms with van der Waals surface area (Å²) in [5.74, 6) is 0.344. The lowest BCUT2D eigenvalue weighted by Gasteiger charge is -2.30. The van der Waals surface area contributed by atoms with Gasteiger partial charge in [-0.3, -0.25) is 14.5 Å². The number of carbonyl (C=O) groups excluding carboxylic acids is 2. The molecule has 2 amide bonds. The first-order valence-corrected chi connectivity index (χ1v) is 8.98. The monoisotopic (exact) mass is 355 g/mol. The number of hydrogen-bond acceptors (Lipinski definition) is 5. The average molecular weight is 355 g/mol. The third-order valence-electron chi connectivity index (χ3n) is 5.67. The molecule has 0 atom stereocenters. The average Bonchev–Trinajstić information content (AvgIpc) is 2.85. The second-order valence-electron chi connectivity index (χ2n) is 7.26. The van der Waals surface area contributed by atoms with Crippen LogP contribution in [0.2, 0.25) is 0 Å². The molecule has 1 aromatic carbocycles. The molecular formula is C20H21NO5. The fraction of sp³-hybridized carbons (Fsp3) is 0.450. The smallest absolute Gasteiger partial charge is 0.336 e. The molecule has 0 radical (unpaired) electrons. The third-order valence-corrected chi connectivity index (χ3v) is 5.67. The number of amides is 2. The molecule has 2 aliphatic rings. The Labute approximate surface area is 150 Å². The normalized spacial score (nSPS) is 19.5. The van der Waals surface area contributed by atoms with E-state index in [1.807, 2.05) is 0 Å². The van der Waals surface area contributed by atoms with Gasteiger partial charge in [-0.25, -0.2) is 4.79 Å². The van der Waals surface area contributed by atoms with Crippen molar-refractivity contribution >= 4 is 22.8 Å². The molecule has 0 unspecified atom stereocenters. The van der Waals surface area contributed by atoms with Gasteiger partial charge in [0.25, 0.3) is 0 Å². The number of benzene rings is 1. The molecule has 26 heavy (non-hydrogen) atoms. The summed E-state index contributed by atoms with van der Waals surface area (Å²) >= 11 is 0. The van der Waals surface area contributed by atoms with Crippen LogP contribution in [0.15, 0.2) is 33.5 Å². The quantitative estimate of drug-likeness (QED) is 0.625. The second-order valence-corrected chi connectivity index (χ2v) is 7.26. The molecular weight excluding hydrogens is 334 g/mol. The van der Waals surface area contributed by atoms with E-state index in [0.29, 0.717) is 28.7 Å². The van der Waals surface area contributed by atoms with Crippen LogP contribution >= 0.6 is 0 Å². The predicted octanol–water partition coefficient (Wildman–Crippen LogP) is 3.01. The van der Waals surface area contributed by atoms with Crippen LogP contribution in [0.25, 0.3) is 11.0 Å². The second kappa shape index (κ2) is 6.27. The van der Waals surface area contributed by atoms with Crippen LogP contribution in [-0.4, -0.2) is 23.8 Å². The Balaban J connectivity index is 1.70. The predicted molar refractivity (Wildman–Crippen MR) is 94.7 cm³/mol. The number of methoxy groups -OCH3 is 1. The zero-order valence-corrected chi connectivity index (χ0v) is 14.7. The molecule has 1 spiro atoms. The highest BCUT2D eigenvalue weighted by atomic mass is 16.5. The summed E-state index contributed by atoms with van der Waals surface area (Å²) in [7, 11) is 1.54. The fourth-order valence-corrected chi connectivity index (χ4v) is 4.28. The van der Waals surface area contributed by atoms with E-state index in [2.05, 4.69) is 0 Å². The molecule has 2 heterocycles. The van der Waals surface area contributed by atoms with Crippen molar-refractivity contribution in [3.63, 3.8) is 0 Å². The van der Waals surface area contributed by atoms with E-state index < -0.39 is 11.0 Å². The molecule has 1 saturated heterocycles. The number of fused-ring (bicyclic) bond motifs is 1. The molecule has 0 bridgehead atoms. The zero-order chi connectivity index (χ0) is 18.3. The highest BCUT2D eigenvalue weighted by molar-refractivity contribution is 6.06. The van der Waals surface area contributed by atoms with Crippen molar-refractivity contribution in [3.05, 3.63) is 40.2 Å². The molecule has 2 fully saturated rings. The Bertz CT molecular complexity index is 939. The van der Waals surface area contributed by atoms with Crippen molar-refractivity contribution in [2.45, 2.75) is 45.1 Å². The lowest BCUT2D eigenvalue weighted by atomic mass is 9.73. The summed E-state index contributed by atoms with van der Waals surface area (Å²) in [5, 5.41) is 0.704. The van der Waals surface area contributed by atoms with Gasteiger partial charge in [0.2, 0.25) is 11.8 Å². The highest BCUT2D eigenvalue weighted by Crippen LogP contribution is 2.45. The first-order valence-electron chi connectivity index (χ1n) is 8.98. The summed E-state index contributed by atoms with van der Waals surface area (Å²) in [6.45, 7) is 0.105. The van der Waals surface area contributed by atoms with Gasteiger partial charge in [-0.15, -0.1) is 0 Å². The maximum Gasteiger partial charge on any atom is 0.336 e. The number of imide groups is 1. The summed E-state index contributed by atoms with van der Waals surface area (Å²) in [4.78, 5) is 38.8. The van der Waals surface area contributed by atoms with Gasteiger partial charge in [0, 0.05) is 23.9 Å². The van der Waals surface area contributed by atoms with Gasteiger partial charge < -0.3 is 9.15 Å². The Hall–Kier alpha value is -2.63. The maximum absolute atomic E-state index is 13.0. The van der Waals surface area contributed by atoms with Crippen LogP contribution in [0.3, 0.4) is 0 Å². The standard InChI is InChI=1S/C20H21NO5/c1-25-14-5-6-15-13(9-18(23)26-16(15)10-14)12-21-17(22)11-20(19(21)24)7-3-2-4-8-20/h5-6,9-10H,2-4,7-8,11-12H2,1H3. The van der Waals surface area contributed by atoms with Crippen molar-refractivity contribution in [2.75, 3.05) is 7.11 Å². The van der Waals surface area contributed by atoms with Crippen LogP contribution in [-0.2, 0) is 16.1 Å². The summed E-state index contributed by atoms with van der Waals surface area (Å²) in [5.41, 5.74) is -0.0209. The first-order chi connectivity index (χ1) is 12.5. The Morgan fingerprint density at radius 1 is 1.12 bits per heavy atom. The van der Waals surface area contributed by atoms with Crippen LogP contribution in [0.1, 0.15) is 44.1 Å². The van der Waals surface area contributed by atoms with Gasteiger partial charge in [0.15, 0.2) is 0 Å². The first kappa shape index (κ1) is 16.8. The van der Waals surface area contributed by atoms with Crippen molar-refractivity contribution in [2.24, 2.45) is 5.41 Å². The molecule has 136 valence electrons. The minimum atomic E-state index is -0.520. The van der Waals surface area contributed by atoms with Crippen molar-refractivity contribution in [3.8, 4) is 5.75 Å². The maximum atomic E-state index is 13.0. The number of hydrogen-bond donors (Lipinski definition) is 0. The van der Waals surface area contributed by atoms with Crippen LogP contribution in [0.4, 0.5) is 0 Å². The van der Waals surface area contributed by atoms with Crippen LogP contribution in [0.5, 0.6) is 5.75 Å². The largest absolute Gasteiger partial charge is 0.497 e. The Morgan fingerprint density at radius 3 is 2.62 bits per heavy atom. The van der Waals surface area contributed by atoms with Crippen molar-refractivity contribution < 1.29 is 18.7 Å². The third kappa shape index (κ3) is 2.69. The van der Waals surface area contributed by atoms with E-state index in [-0.39, 0.29) is 18.4 Å². The van der Waals surface area contributed by atoms with Gasteiger partial charge in [0.1, 0.15) is 11.3 Å². The van der Waals surface area contributed by atoms with Gasteiger partial charge >= 0.3 is 5.63 Å². The number of carbonyl (C=O) groups is 2. The molecule has 2 aromatic rings. The summed E-state index contributed by atoms with van der Waals surface area (Å²) in [6, 6.07) is 6.55. The SMILES string of the molecule is COc1ccc2c(CN3C(=O)CC4(CCCCC4)C3=O)cc(=O)oc2c1. The van der Waals surface area contributed by atoms with E-state index in [1.165, 1.54) is 18.1 Å². The van der Waals surface area contributed by atoms with Gasteiger partial charge in [-0.2, -0.15) is 0 Å². The van der Waals surface area contributed by atoms with Crippen LogP contribution < -0.4 is 10.4 Å². The van der Waals surface area contributed by atoms with Gasteiger partial charge in [0.05, 0.1) is 19.1 Å². The molecule has 0 N–H and O–H groups in total. The zero-order valence-electron chi connectivity index (χ0n) is 14.7. The Morgan fingerprint density at radius 2 is 1.88 bits per heavy atom. The molecule has 1 aromatic heterocycles. The summed E-state index contributed by atoms with van der Waals surface area (Å²) in [6.07, 6.45) is 4.95. The van der Waals surface area contributed by atoms with E-state index in [1.54, 1.807) is 18.2 Å². The van der Waals surface area contributed by atoms with Crippen molar-refractivity contribution in [1.29, 1.82) is 0 Å². The lowest BCUT2D eigenvalue weighted by molar-refractivity contribution is -0.142. The number of likely N-dealkylation sites (tertiary alicyclic amines) is 1. The van der Waals surface area contributed by atoms with E-state index >= 15 is 0 Å². The molecule has 1 aliphatic carbocycles. The molecule has 1 saturated carbocycles. The molecule has 4 rings (SSSR count). The van der Waals surface area contributed by atoms with E-state index in [4.69, 9.17) is 9.15 Å². The minimum absolute atomic E-state index is 0.0860. The number of ether oxygens (including phenoxy) is 1. The number of nitrogens with zero attached hydrogens (tertiary/aromatic N) is 1. The minimum Gasteiger partial charge on any atom is -0.497 e. The van der Waals surface area contributed by atoms with Gasteiger partial charge in [-0.1, -0.05) is 19.3 Å². The van der Waals surface area contributed by atoms with E-state index in [0.717, 1.165) is 32.1 Å². The fourth-order valence-electron chi connectivity index (χ4n) is 4.28. The highest BCUT2D eigenvalue weighted by Gasteiger charge is 2.51. The van der Waals surface area contributed by atoms with Gasteiger partial charge in [-0.05, 0) is 30.5 Å².